The van der Waals surface area contributed by atoms with Gasteiger partial charge in [-0.25, -0.2) is 0 Å². The summed E-state index contributed by atoms with van der Waals surface area (Å²) >= 11 is 0. The van der Waals surface area contributed by atoms with Crippen molar-refractivity contribution in [2.24, 2.45) is 11.3 Å². The number of hydrogen-bond acceptors (Lipinski definition) is 4. The number of pyridine rings is 1. The van der Waals surface area contributed by atoms with E-state index in [9.17, 15) is 9.90 Å². The third-order valence-corrected chi connectivity index (χ3v) is 5.84. The van der Waals surface area contributed by atoms with E-state index in [4.69, 9.17) is 4.74 Å². The number of nitrogens with zero attached hydrogens (tertiary/aromatic N) is 2. The Morgan fingerprint density at radius 1 is 1.27 bits per heavy atom. The zero-order valence-corrected chi connectivity index (χ0v) is 14.8. The molecule has 1 aliphatic carbocycles. The van der Waals surface area contributed by atoms with E-state index >= 15 is 0 Å². The minimum atomic E-state index is -0.623. The van der Waals surface area contributed by atoms with Crippen molar-refractivity contribution < 1.29 is 14.6 Å². The van der Waals surface area contributed by atoms with Crippen molar-refractivity contribution in [2.75, 3.05) is 13.1 Å². The number of carboxylic acid groups (broad SMARTS) is 1. The van der Waals surface area contributed by atoms with Crippen LogP contribution in [0, 0.1) is 11.3 Å². The van der Waals surface area contributed by atoms with E-state index in [2.05, 4.69) is 16.0 Å². The van der Waals surface area contributed by atoms with E-state index in [0.29, 0.717) is 13.2 Å². The molecule has 1 aliphatic heterocycles. The monoisotopic (exact) mass is 352 g/mol. The van der Waals surface area contributed by atoms with Gasteiger partial charge in [0.05, 0.1) is 11.1 Å². The van der Waals surface area contributed by atoms with Gasteiger partial charge in [0, 0.05) is 31.4 Å². The maximum Gasteiger partial charge on any atom is 0.311 e. The molecular weight excluding hydrogens is 328 g/mol. The van der Waals surface area contributed by atoms with Gasteiger partial charge >= 0.3 is 5.97 Å². The second kappa shape index (κ2) is 7.08. The highest BCUT2D eigenvalue weighted by atomic mass is 16.5. The maximum atomic E-state index is 11.9. The lowest BCUT2D eigenvalue weighted by molar-refractivity contribution is -0.149. The molecule has 26 heavy (non-hydrogen) atoms. The summed E-state index contributed by atoms with van der Waals surface area (Å²) in [5, 5.41) is 9.76. The van der Waals surface area contributed by atoms with Gasteiger partial charge in [-0.1, -0.05) is 30.7 Å². The van der Waals surface area contributed by atoms with Crippen molar-refractivity contribution in [3.63, 3.8) is 0 Å². The molecule has 1 saturated carbocycles. The highest BCUT2D eigenvalue weighted by Crippen LogP contribution is 2.49. The van der Waals surface area contributed by atoms with Crippen LogP contribution in [0.3, 0.4) is 0 Å². The summed E-state index contributed by atoms with van der Waals surface area (Å²) in [6.07, 6.45) is 4.63. The van der Waals surface area contributed by atoms with Gasteiger partial charge in [0.1, 0.15) is 12.4 Å². The van der Waals surface area contributed by atoms with Gasteiger partial charge in [-0.15, -0.1) is 0 Å². The predicted molar refractivity (Wildman–Crippen MR) is 97.7 cm³/mol. The van der Waals surface area contributed by atoms with Crippen molar-refractivity contribution in [2.45, 2.75) is 32.4 Å². The lowest BCUT2D eigenvalue weighted by atomic mass is 9.81. The van der Waals surface area contributed by atoms with Crippen LogP contribution in [0.2, 0.25) is 0 Å². The molecule has 4 rings (SSSR count). The van der Waals surface area contributed by atoms with Crippen LogP contribution >= 0.6 is 0 Å². The fraction of sp³-hybridized carbons (Fsp3) is 0.429. The van der Waals surface area contributed by atoms with Gasteiger partial charge in [0.2, 0.25) is 0 Å². The maximum absolute atomic E-state index is 11.9. The standard InChI is InChI=1S/C21H24N2O3/c24-20(25)21-10-5-7-17(21)13-23(15-21)12-16-6-1-2-9-19(16)26-14-18-8-3-4-11-22-18/h1-4,6,8-9,11,17H,5,7,10,12-15H2,(H,24,25)/t17-,21+/m0/s1. The SMILES string of the molecule is O=C(O)[C@@]12CCC[C@H]1CN(Cc1ccccc1OCc1ccccn1)C2. The van der Waals surface area contributed by atoms with Crippen molar-refractivity contribution in [3.8, 4) is 5.75 Å². The van der Waals surface area contributed by atoms with Gasteiger partial charge in [-0.2, -0.15) is 0 Å². The quantitative estimate of drug-likeness (QED) is 0.864. The molecule has 1 N–H and O–H groups in total. The smallest absolute Gasteiger partial charge is 0.311 e. The Balaban J connectivity index is 1.45. The largest absolute Gasteiger partial charge is 0.487 e. The average Bonchev–Trinajstić information content (AvgIpc) is 3.20. The van der Waals surface area contributed by atoms with Crippen LogP contribution in [-0.4, -0.2) is 34.0 Å². The van der Waals surface area contributed by atoms with Gasteiger partial charge < -0.3 is 9.84 Å². The Hall–Kier alpha value is -2.40. The number of benzene rings is 1. The van der Waals surface area contributed by atoms with Crippen LogP contribution < -0.4 is 4.74 Å². The number of rotatable bonds is 6. The summed E-state index contributed by atoms with van der Waals surface area (Å²) in [5.74, 6) is 0.503. The summed E-state index contributed by atoms with van der Waals surface area (Å²) in [4.78, 5) is 18.4. The first-order valence-electron chi connectivity index (χ1n) is 9.24. The van der Waals surface area contributed by atoms with Crippen molar-refractivity contribution in [3.05, 3.63) is 59.9 Å². The molecule has 136 valence electrons. The van der Waals surface area contributed by atoms with E-state index in [1.807, 2.05) is 36.4 Å². The Bertz CT molecular complexity index is 780. The average molecular weight is 352 g/mol. The molecule has 1 aromatic carbocycles. The Morgan fingerprint density at radius 2 is 2.12 bits per heavy atom. The van der Waals surface area contributed by atoms with E-state index in [1.54, 1.807) is 6.20 Å². The van der Waals surface area contributed by atoms with Crippen molar-refractivity contribution >= 4 is 5.97 Å². The molecule has 2 aromatic rings. The zero-order chi connectivity index (χ0) is 18.0. The van der Waals surface area contributed by atoms with Gasteiger partial charge in [-0.3, -0.25) is 14.7 Å². The fourth-order valence-corrected chi connectivity index (χ4v) is 4.51. The van der Waals surface area contributed by atoms with Crippen LogP contribution in [0.1, 0.15) is 30.5 Å². The topological polar surface area (TPSA) is 62.7 Å². The van der Waals surface area contributed by atoms with Crippen LogP contribution in [-0.2, 0) is 17.9 Å². The van der Waals surface area contributed by atoms with Gasteiger partial charge in [0.15, 0.2) is 0 Å². The van der Waals surface area contributed by atoms with E-state index < -0.39 is 11.4 Å². The van der Waals surface area contributed by atoms with Crippen molar-refractivity contribution in [1.29, 1.82) is 0 Å². The number of fused-ring (bicyclic) bond motifs is 1. The van der Waals surface area contributed by atoms with E-state index in [0.717, 1.165) is 49.4 Å². The highest BCUT2D eigenvalue weighted by Gasteiger charge is 2.54. The number of para-hydroxylation sites is 1. The molecule has 1 saturated heterocycles. The Morgan fingerprint density at radius 3 is 2.88 bits per heavy atom. The number of carbonyl (C=O) groups is 1. The second-order valence-electron chi connectivity index (χ2n) is 7.44. The third-order valence-electron chi connectivity index (χ3n) is 5.84. The normalized spacial score (nSPS) is 25.2. The number of ether oxygens (including phenoxy) is 1. The molecule has 2 fully saturated rings. The molecule has 0 bridgehead atoms. The van der Waals surface area contributed by atoms with Crippen LogP contribution in [0.15, 0.2) is 48.7 Å². The fourth-order valence-electron chi connectivity index (χ4n) is 4.51. The first-order chi connectivity index (χ1) is 12.7. The van der Waals surface area contributed by atoms with Crippen molar-refractivity contribution in [1.82, 2.24) is 9.88 Å². The molecule has 5 nitrogen and oxygen atoms in total. The zero-order valence-electron chi connectivity index (χ0n) is 14.8. The molecule has 5 heteroatoms. The number of likely N-dealkylation sites (tertiary alicyclic amines) is 1. The second-order valence-corrected chi connectivity index (χ2v) is 7.44. The van der Waals surface area contributed by atoms with Gasteiger partial charge in [0.25, 0.3) is 0 Å². The molecule has 0 amide bonds. The number of carboxylic acids is 1. The minimum absolute atomic E-state index is 0.279. The van der Waals surface area contributed by atoms with E-state index in [1.165, 1.54) is 0 Å². The Labute approximate surface area is 153 Å². The van der Waals surface area contributed by atoms with E-state index in [-0.39, 0.29) is 5.92 Å². The lowest BCUT2D eigenvalue weighted by Gasteiger charge is -2.24. The minimum Gasteiger partial charge on any atom is -0.487 e. The molecular formula is C21H24N2O3. The summed E-state index contributed by atoms with van der Waals surface area (Å²) in [6, 6.07) is 13.8. The lowest BCUT2D eigenvalue weighted by Crippen LogP contribution is -2.35. The number of aromatic nitrogens is 1. The molecule has 0 unspecified atom stereocenters. The molecule has 2 aliphatic rings. The predicted octanol–water partition coefficient (Wildman–Crippen LogP) is 3.35. The van der Waals surface area contributed by atoms with Crippen LogP contribution in [0.4, 0.5) is 0 Å². The molecule has 0 spiro atoms. The molecule has 2 heterocycles. The summed E-state index contributed by atoms with van der Waals surface area (Å²) in [6.45, 7) is 2.66. The third kappa shape index (κ3) is 3.19. The van der Waals surface area contributed by atoms with Crippen LogP contribution in [0.25, 0.3) is 0 Å². The van der Waals surface area contributed by atoms with Crippen LogP contribution in [0.5, 0.6) is 5.75 Å². The molecule has 2 atom stereocenters. The number of aliphatic carboxylic acids is 1. The first-order valence-corrected chi connectivity index (χ1v) is 9.24. The summed E-state index contributed by atoms with van der Waals surface area (Å²) in [7, 11) is 0. The highest BCUT2D eigenvalue weighted by molar-refractivity contribution is 5.76. The summed E-state index contributed by atoms with van der Waals surface area (Å²) < 4.78 is 5.99. The number of hydrogen-bond donors (Lipinski definition) is 1. The molecule has 0 radical (unpaired) electrons. The Kier molecular flexibility index (Phi) is 4.64. The molecule has 1 aromatic heterocycles. The summed E-state index contributed by atoms with van der Waals surface area (Å²) in [5.41, 5.74) is 1.45. The van der Waals surface area contributed by atoms with Gasteiger partial charge in [-0.05, 0) is 37.0 Å². The first kappa shape index (κ1) is 17.0.